The maximum Gasteiger partial charge on any atom is 0.235 e. The van der Waals surface area contributed by atoms with Crippen LogP contribution in [0.1, 0.15) is 43.0 Å². The van der Waals surface area contributed by atoms with Crippen LogP contribution < -0.4 is 15.4 Å². The fourth-order valence-electron chi connectivity index (χ4n) is 4.83. The predicted octanol–water partition coefficient (Wildman–Crippen LogP) is 2.82. The molecule has 2 aliphatic rings. The van der Waals surface area contributed by atoms with Crippen LogP contribution in [0.3, 0.4) is 0 Å². The van der Waals surface area contributed by atoms with Crippen molar-refractivity contribution >= 4 is 34.5 Å². The number of para-hydroxylation sites is 1. The molecule has 3 aromatic rings. The van der Waals surface area contributed by atoms with Gasteiger partial charge in [0.25, 0.3) is 0 Å². The summed E-state index contributed by atoms with van der Waals surface area (Å²) in [4.78, 5) is 26.0. The number of fused-ring (bicyclic) bond motifs is 2. The van der Waals surface area contributed by atoms with Crippen molar-refractivity contribution in [3.05, 3.63) is 47.8 Å². The zero-order valence-electron chi connectivity index (χ0n) is 19.5. The minimum atomic E-state index is -1.05. The third-order valence-corrected chi connectivity index (χ3v) is 7.84. The van der Waals surface area contributed by atoms with E-state index in [2.05, 4.69) is 25.6 Å². The molecule has 184 valence electrons. The van der Waals surface area contributed by atoms with Gasteiger partial charge in [-0.15, -0.1) is 11.8 Å². The van der Waals surface area contributed by atoms with Crippen LogP contribution in [0.15, 0.2) is 41.4 Å². The number of hydrogen-bond acceptors (Lipinski definition) is 9. The highest BCUT2D eigenvalue weighted by Gasteiger charge is 2.32. The van der Waals surface area contributed by atoms with Crippen molar-refractivity contribution in [2.75, 3.05) is 18.2 Å². The lowest BCUT2D eigenvalue weighted by Crippen LogP contribution is -2.37. The average molecular weight is 496 g/mol. The Morgan fingerprint density at radius 2 is 2.00 bits per heavy atom. The molecule has 1 aliphatic heterocycles. The highest BCUT2D eigenvalue weighted by atomic mass is 32.2. The normalized spacial score (nSPS) is 21.7. The number of rotatable bonds is 7. The quantitative estimate of drug-likeness (QED) is 0.391. The van der Waals surface area contributed by atoms with Gasteiger partial charge in [-0.1, -0.05) is 12.1 Å². The number of pyridine rings is 1. The lowest BCUT2D eigenvalue weighted by atomic mass is 9.80. The Morgan fingerprint density at radius 3 is 2.80 bits per heavy atom. The summed E-state index contributed by atoms with van der Waals surface area (Å²) in [5.41, 5.74) is 2.64. The first-order valence-electron chi connectivity index (χ1n) is 11.8. The number of nitrogens with zero attached hydrogens (tertiary/aromatic N) is 3. The van der Waals surface area contributed by atoms with E-state index in [0.717, 1.165) is 36.3 Å². The molecular formula is C25H29N5O4S. The Bertz CT molecular complexity index is 1220. The van der Waals surface area contributed by atoms with Gasteiger partial charge < -0.3 is 25.6 Å². The number of thioether (sulfide) groups is 1. The number of aromatic nitrogens is 3. The standard InChI is InChI=1S/C25H29N5O4S/c1-34-21-12-27-18-4-2-3-17(22(18)30-21)24(33)23(32)14-5-7-15(8-6-14)26-11-16-9-10-19-25(28-16)29-20(31)13-35-19/h2-4,9-10,12,14-15,23-24,26,32-33H,5-8,11,13H2,1H3,(H,28,29,31)/t14?,15?,23-,24-/m1/s1. The highest BCUT2D eigenvalue weighted by molar-refractivity contribution is 8.00. The van der Waals surface area contributed by atoms with Crippen LogP contribution in [0, 0.1) is 5.92 Å². The molecule has 1 aromatic carbocycles. The number of benzene rings is 1. The molecular weight excluding hydrogens is 466 g/mol. The molecule has 9 nitrogen and oxygen atoms in total. The number of ether oxygens (including phenoxy) is 1. The molecule has 3 heterocycles. The molecule has 2 atom stereocenters. The lowest BCUT2D eigenvalue weighted by Gasteiger charge is -2.34. The zero-order chi connectivity index (χ0) is 24.4. The lowest BCUT2D eigenvalue weighted by molar-refractivity contribution is -0.113. The molecule has 0 radical (unpaired) electrons. The van der Waals surface area contributed by atoms with Gasteiger partial charge >= 0.3 is 0 Å². The van der Waals surface area contributed by atoms with E-state index in [1.54, 1.807) is 6.07 Å². The topological polar surface area (TPSA) is 129 Å². The Labute approximate surface area is 207 Å². The maximum absolute atomic E-state index is 11.6. The molecule has 0 unspecified atom stereocenters. The van der Waals surface area contributed by atoms with Crippen molar-refractivity contribution < 1.29 is 19.7 Å². The number of amides is 1. The summed E-state index contributed by atoms with van der Waals surface area (Å²) in [6.07, 6.45) is 3.00. The summed E-state index contributed by atoms with van der Waals surface area (Å²) < 4.78 is 5.18. The number of aliphatic hydroxyl groups is 2. The minimum absolute atomic E-state index is 0.00835. The molecule has 0 bridgehead atoms. The van der Waals surface area contributed by atoms with E-state index < -0.39 is 12.2 Å². The van der Waals surface area contributed by atoms with E-state index in [1.807, 2.05) is 24.3 Å². The van der Waals surface area contributed by atoms with Crippen molar-refractivity contribution in [1.82, 2.24) is 20.3 Å². The van der Waals surface area contributed by atoms with Crippen LogP contribution in [0.25, 0.3) is 11.0 Å². The first-order chi connectivity index (χ1) is 17.0. The smallest absolute Gasteiger partial charge is 0.235 e. The van der Waals surface area contributed by atoms with Crippen molar-refractivity contribution in [3.8, 4) is 5.88 Å². The molecule has 1 fully saturated rings. The van der Waals surface area contributed by atoms with Gasteiger partial charge in [0.15, 0.2) is 0 Å². The van der Waals surface area contributed by atoms with Crippen LogP contribution in [-0.2, 0) is 11.3 Å². The molecule has 0 spiro atoms. The third-order valence-electron chi connectivity index (χ3n) is 6.79. The number of anilines is 1. The van der Waals surface area contributed by atoms with Gasteiger partial charge in [0, 0.05) is 18.2 Å². The number of aliphatic hydroxyl groups excluding tert-OH is 2. The number of hydrogen-bond donors (Lipinski definition) is 4. The minimum Gasteiger partial charge on any atom is -0.480 e. The largest absolute Gasteiger partial charge is 0.480 e. The SMILES string of the molecule is COc1cnc2cccc([C@@H](O)[C@H](O)C3CCC(NCc4ccc5c(n4)NC(=O)CS5)CC3)c2n1. The van der Waals surface area contributed by atoms with E-state index >= 15 is 0 Å². The summed E-state index contributed by atoms with van der Waals surface area (Å²) in [5.74, 6) is 1.41. The highest BCUT2D eigenvalue weighted by Crippen LogP contribution is 2.35. The number of nitrogens with one attached hydrogen (secondary N) is 2. The van der Waals surface area contributed by atoms with Gasteiger partial charge in [-0.2, -0.15) is 0 Å². The monoisotopic (exact) mass is 495 g/mol. The third kappa shape index (κ3) is 5.25. The second kappa shape index (κ2) is 10.4. The van der Waals surface area contributed by atoms with Gasteiger partial charge in [-0.25, -0.2) is 15.0 Å². The van der Waals surface area contributed by atoms with E-state index in [-0.39, 0.29) is 11.8 Å². The molecule has 1 amide bonds. The van der Waals surface area contributed by atoms with E-state index in [4.69, 9.17) is 4.74 Å². The molecule has 10 heteroatoms. The van der Waals surface area contributed by atoms with E-state index in [9.17, 15) is 15.0 Å². The predicted molar refractivity (Wildman–Crippen MR) is 133 cm³/mol. The van der Waals surface area contributed by atoms with Gasteiger partial charge in [-0.3, -0.25) is 4.79 Å². The first kappa shape index (κ1) is 23.9. The van der Waals surface area contributed by atoms with Crippen LogP contribution in [0.4, 0.5) is 5.82 Å². The summed E-state index contributed by atoms with van der Waals surface area (Å²) in [7, 11) is 1.52. The van der Waals surface area contributed by atoms with Gasteiger partial charge in [-0.05, 0) is 49.8 Å². The molecule has 2 aromatic heterocycles. The van der Waals surface area contributed by atoms with E-state index in [1.165, 1.54) is 25.1 Å². The molecule has 5 rings (SSSR count). The Kier molecular flexibility index (Phi) is 7.14. The summed E-state index contributed by atoms with van der Waals surface area (Å²) in [6.45, 7) is 0.616. The summed E-state index contributed by atoms with van der Waals surface area (Å²) >= 11 is 1.50. The molecule has 0 saturated heterocycles. The second-order valence-corrected chi connectivity index (χ2v) is 10.1. The van der Waals surface area contributed by atoms with E-state index in [0.29, 0.717) is 46.6 Å². The average Bonchev–Trinajstić information content (AvgIpc) is 2.90. The Balaban J connectivity index is 1.17. The second-order valence-electron chi connectivity index (χ2n) is 9.04. The molecule has 4 N–H and O–H groups in total. The van der Waals surface area contributed by atoms with Crippen LogP contribution in [0.2, 0.25) is 0 Å². The van der Waals surface area contributed by atoms with Crippen molar-refractivity contribution in [2.24, 2.45) is 5.92 Å². The van der Waals surface area contributed by atoms with Crippen LogP contribution in [-0.4, -0.2) is 56.1 Å². The van der Waals surface area contributed by atoms with Gasteiger partial charge in [0.2, 0.25) is 11.8 Å². The fourth-order valence-corrected chi connectivity index (χ4v) is 5.59. The number of methoxy groups -OCH3 is 1. The number of carbonyl (C=O) groups excluding carboxylic acids is 1. The molecule has 35 heavy (non-hydrogen) atoms. The first-order valence-corrected chi connectivity index (χ1v) is 12.8. The molecule has 1 saturated carbocycles. The van der Waals surface area contributed by atoms with Gasteiger partial charge in [0.1, 0.15) is 11.9 Å². The number of carbonyl (C=O) groups is 1. The van der Waals surface area contributed by atoms with Gasteiger partial charge in [0.05, 0.1) is 46.8 Å². The Morgan fingerprint density at radius 1 is 1.17 bits per heavy atom. The fraction of sp³-hybridized carbons (Fsp3) is 0.440. The van der Waals surface area contributed by atoms with Crippen LogP contribution in [0.5, 0.6) is 5.88 Å². The van der Waals surface area contributed by atoms with Crippen molar-refractivity contribution in [1.29, 1.82) is 0 Å². The summed E-state index contributed by atoms with van der Waals surface area (Å²) in [5, 5.41) is 28.4. The Hall–Kier alpha value is -2.79. The maximum atomic E-state index is 11.6. The zero-order valence-corrected chi connectivity index (χ0v) is 20.3. The van der Waals surface area contributed by atoms with Crippen LogP contribution >= 0.6 is 11.8 Å². The van der Waals surface area contributed by atoms with Crippen molar-refractivity contribution in [3.63, 3.8) is 0 Å². The molecule has 1 aliphatic carbocycles. The summed E-state index contributed by atoms with van der Waals surface area (Å²) in [6, 6.07) is 9.73. The van der Waals surface area contributed by atoms with Crippen molar-refractivity contribution in [2.45, 2.75) is 55.4 Å².